The van der Waals surface area contributed by atoms with Gasteiger partial charge in [0.05, 0.1) is 6.54 Å². The standard InChI is InChI=1S/C12H16N6O/c1-8-15-16-11-5-4-10(17-18(8)11)13-7-12(19)14-6-9-2-3-9/h4-5,9H,2-3,6-7H2,1H3,(H,13,17)(H,14,19). The van der Waals surface area contributed by atoms with Crippen LogP contribution in [0.15, 0.2) is 12.1 Å². The molecule has 19 heavy (non-hydrogen) atoms. The zero-order valence-electron chi connectivity index (χ0n) is 10.8. The van der Waals surface area contributed by atoms with Crippen molar-refractivity contribution >= 4 is 17.4 Å². The van der Waals surface area contributed by atoms with Gasteiger partial charge in [0, 0.05) is 6.54 Å². The van der Waals surface area contributed by atoms with Gasteiger partial charge in [0.1, 0.15) is 5.82 Å². The zero-order valence-corrected chi connectivity index (χ0v) is 10.8. The first-order valence-corrected chi connectivity index (χ1v) is 6.42. The summed E-state index contributed by atoms with van der Waals surface area (Å²) >= 11 is 0. The highest BCUT2D eigenvalue weighted by molar-refractivity contribution is 5.80. The topological polar surface area (TPSA) is 84.2 Å². The van der Waals surface area contributed by atoms with Crippen LogP contribution in [0.3, 0.4) is 0 Å². The summed E-state index contributed by atoms with van der Waals surface area (Å²) in [6.07, 6.45) is 2.47. The quantitative estimate of drug-likeness (QED) is 0.811. The number of amides is 1. The molecule has 0 spiro atoms. The van der Waals surface area contributed by atoms with Crippen LogP contribution in [0.5, 0.6) is 0 Å². The van der Waals surface area contributed by atoms with Crippen molar-refractivity contribution in [1.29, 1.82) is 0 Å². The van der Waals surface area contributed by atoms with Crippen molar-refractivity contribution in [1.82, 2.24) is 25.1 Å². The van der Waals surface area contributed by atoms with Crippen LogP contribution in [0.1, 0.15) is 18.7 Å². The van der Waals surface area contributed by atoms with Gasteiger partial charge in [-0.2, -0.15) is 4.52 Å². The fourth-order valence-corrected chi connectivity index (χ4v) is 1.80. The lowest BCUT2D eigenvalue weighted by atomic mass is 10.4. The molecule has 2 aromatic heterocycles. The van der Waals surface area contributed by atoms with Crippen LogP contribution in [0.25, 0.3) is 5.65 Å². The molecule has 1 aliphatic carbocycles. The van der Waals surface area contributed by atoms with E-state index in [-0.39, 0.29) is 12.5 Å². The van der Waals surface area contributed by atoms with E-state index in [9.17, 15) is 4.79 Å². The molecule has 1 saturated carbocycles. The van der Waals surface area contributed by atoms with E-state index in [2.05, 4.69) is 25.9 Å². The third kappa shape index (κ3) is 2.81. The second kappa shape index (κ2) is 4.83. The van der Waals surface area contributed by atoms with Gasteiger partial charge >= 0.3 is 0 Å². The summed E-state index contributed by atoms with van der Waals surface area (Å²) in [7, 11) is 0. The first kappa shape index (κ1) is 11.9. The molecule has 0 radical (unpaired) electrons. The molecule has 0 unspecified atom stereocenters. The van der Waals surface area contributed by atoms with Gasteiger partial charge in [0.25, 0.3) is 0 Å². The van der Waals surface area contributed by atoms with Crippen molar-refractivity contribution in [2.45, 2.75) is 19.8 Å². The minimum Gasteiger partial charge on any atom is -0.360 e. The molecular formula is C12H16N6O. The van der Waals surface area contributed by atoms with Crippen LogP contribution in [0.2, 0.25) is 0 Å². The van der Waals surface area contributed by atoms with Crippen molar-refractivity contribution in [3.8, 4) is 0 Å². The van der Waals surface area contributed by atoms with E-state index in [1.54, 1.807) is 10.6 Å². The largest absolute Gasteiger partial charge is 0.360 e. The maximum absolute atomic E-state index is 11.6. The summed E-state index contributed by atoms with van der Waals surface area (Å²) in [5.74, 6) is 2.04. The number of carbonyl (C=O) groups is 1. The van der Waals surface area contributed by atoms with Gasteiger partial charge in [-0.15, -0.1) is 15.3 Å². The molecule has 0 saturated heterocycles. The number of anilines is 1. The maximum Gasteiger partial charge on any atom is 0.239 e. The van der Waals surface area contributed by atoms with E-state index in [0.717, 1.165) is 12.4 Å². The van der Waals surface area contributed by atoms with Crippen LogP contribution in [-0.4, -0.2) is 38.8 Å². The Hall–Kier alpha value is -2.18. The Kier molecular flexibility index (Phi) is 3.02. The number of rotatable bonds is 5. The fourth-order valence-electron chi connectivity index (χ4n) is 1.80. The zero-order chi connectivity index (χ0) is 13.2. The third-order valence-electron chi connectivity index (χ3n) is 3.13. The number of nitrogens with one attached hydrogen (secondary N) is 2. The number of aromatic nitrogens is 4. The number of aryl methyl sites for hydroxylation is 1. The van der Waals surface area contributed by atoms with Crippen molar-refractivity contribution in [3.63, 3.8) is 0 Å². The second-order valence-corrected chi connectivity index (χ2v) is 4.84. The average Bonchev–Trinajstić information content (AvgIpc) is 3.18. The molecule has 1 fully saturated rings. The number of nitrogens with zero attached hydrogens (tertiary/aromatic N) is 4. The summed E-state index contributed by atoms with van der Waals surface area (Å²) in [5.41, 5.74) is 0.696. The van der Waals surface area contributed by atoms with Crippen molar-refractivity contribution < 1.29 is 4.79 Å². The SMILES string of the molecule is Cc1nnc2ccc(NCC(=O)NCC3CC3)nn12. The van der Waals surface area contributed by atoms with Crippen LogP contribution >= 0.6 is 0 Å². The first-order valence-electron chi connectivity index (χ1n) is 6.42. The monoisotopic (exact) mass is 260 g/mol. The van der Waals surface area contributed by atoms with E-state index < -0.39 is 0 Å². The highest BCUT2D eigenvalue weighted by Gasteiger charge is 2.21. The third-order valence-corrected chi connectivity index (χ3v) is 3.13. The van der Waals surface area contributed by atoms with E-state index in [1.165, 1.54) is 12.8 Å². The minimum atomic E-state index is -0.00530. The molecule has 2 heterocycles. The molecule has 7 nitrogen and oxygen atoms in total. The molecule has 0 aliphatic heterocycles. The Labute approximate surface area is 110 Å². The Bertz CT molecular complexity index is 603. The molecule has 0 aromatic carbocycles. The van der Waals surface area contributed by atoms with Gasteiger partial charge in [0.2, 0.25) is 5.91 Å². The van der Waals surface area contributed by atoms with Crippen LogP contribution in [0.4, 0.5) is 5.82 Å². The smallest absolute Gasteiger partial charge is 0.239 e. The van der Waals surface area contributed by atoms with Gasteiger partial charge < -0.3 is 10.6 Å². The van der Waals surface area contributed by atoms with E-state index in [1.807, 2.05) is 13.0 Å². The summed E-state index contributed by atoms with van der Waals surface area (Å²) in [6, 6.07) is 3.61. The number of hydrogen-bond donors (Lipinski definition) is 2. The molecule has 3 rings (SSSR count). The lowest BCUT2D eigenvalue weighted by Crippen LogP contribution is -2.31. The lowest BCUT2D eigenvalue weighted by Gasteiger charge is -2.06. The van der Waals surface area contributed by atoms with Crippen molar-refractivity contribution in [3.05, 3.63) is 18.0 Å². The first-order chi connectivity index (χ1) is 9.22. The van der Waals surface area contributed by atoms with Crippen molar-refractivity contribution in [2.75, 3.05) is 18.4 Å². The molecule has 7 heteroatoms. The Morgan fingerprint density at radius 2 is 2.26 bits per heavy atom. The number of carbonyl (C=O) groups excluding carboxylic acids is 1. The predicted molar refractivity (Wildman–Crippen MR) is 69.7 cm³/mol. The molecule has 2 N–H and O–H groups in total. The highest BCUT2D eigenvalue weighted by Crippen LogP contribution is 2.27. The Morgan fingerprint density at radius 1 is 1.42 bits per heavy atom. The summed E-state index contributed by atoms with van der Waals surface area (Å²) in [4.78, 5) is 11.6. The summed E-state index contributed by atoms with van der Waals surface area (Å²) < 4.78 is 1.64. The summed E-state index contributed by atoms with van der Waals surface area (Å²) in [5, 5.41) is 18.1. The average molecular weight is 260 g/mol. The minimum absolute atomic E-state index is 0.00530. The number of hydrogen-bond acceptors (Lipinski definition) is 5. The van der Waals surface area contributed by atoms with E-state index >= 15 is 0 Å². The lowest BCUT2D eigenvalue weighted by molar-refractivity contribution is -0.119. The molecular weight excluding hydrogens is 244 g/mol. The molecule has 1 aliphatic rings. The molecule has 0 bridgehead atoms. The molecule has 100 valence electrons. The Balaban J connectivity index is 1.57. The summed E-state index contributed by atoms with van der Waals surface area (Å²) in [6.45, 7) is 2.85. The van der Waals surface area contributed by atoms with Crippen LogP contribution < -0.4 is 10.6 Å². The van der Waals surface area contributed by atoms with E-state index in [4.69, 9.17) is 0 Å². The van der Waals surface area contributed by atoms with Gasteiger partial charge in [-0.3, -0.25) is 4.79 Å². The highest BCUT2D eigenvalue weighted by atomic mass is 16.1. The molecule has 0 atom stereocenters. The molecule has 1 amide bonds. The van der Waals surface area contributed by atoms with Gasteiger partial charge in [0.15, 0.2) is 11.5 Å². The predicted octanol–water partition coefficient (Wildman–Crippen LogP) is 0.371. The maximum atomic E-state index is 11.6. The fraction of sp³-hybridized carbons (Fsp3) is 0.500. The van der Waals surface area contributed by atoms with Crippen LogP contribution in [0, 0.1) is 12.8 Å². The van der Waals surface area contributed by atoms with Crippen molar-refractivity contribution in [2.24, 2.45) is 5.92 Å². The Morgan fingerprint density at radius 3 is 3.05 bits per heavy atom. The van der Waals surface area contributed by atoms with Gasteiger partial charge in [-0.1, -0.05) is 0 Å². The number of fused-ring (bicyclic) bond motifs is 1. The van der Waals surface area contributed by atoms with E-state index in [0.29, 0.717) is 17.4 Å². The molecule has 2 aromatic rings. The normalized spacial score (nSPS) is 14.6. The van der Waals surface area contributed by atoms with Gasteiger partial charge in [-0.05, 0) is 37.8 Å². The van der Waals surface area contributed by atoms with Crippen LogP contribution in [-0.2, 0) is 4.79 Å². The second-order valence-electron chi connectivity index (χ2n) is 4.84. The van der Waals surface area contributed by atoms with Gasteiger partial charge in [-0.25, -0.2) is 0 Å².